The molecule has 4 rings (SSSR count). The number of amides is 2. The molecule has 4 aromatic rings. The van der Waals surface area contributed by atoms with E-state index in [9.17, 15) is 9.59 Å². The van der Waals surface area contributed by atoms with E-state index < -0.39 is 6.04 Å². The quantitative estimate of drug-likeness (QED) is 0.359. The minimum absolute atomic E-state index is 0.144. The van der Waals surface area contributed by atoms with Gasteiger partial charge in [0.05, 0.1) is 26.3 Å². The van der Waals surface area contributed by atoms with E-state index >= 15 is 0 Å². The predicted octanol–water partition coefficient (Wildman–Crippen LogP) is 4.92. The highest BCUT2D eigenvalue weighted by Gasteiger charge is 2.31. The smallest absolute Gasteiger partial charge is 0.247 e. The number of nitrogens with one attached hydrogen (secondary N) is 1. The minimum Gasteiger partial charge on any atom is -0.497 e. The molecule has 0 spiro atoms. The number of nitrogens with zero attached hydrogens (tertiary/aromatic N) is 1. The monoisotopic (exact) mass is 468 g/mol. The summed E-state index contributed by atoms with van der Waals surface area (Å²) in [6.45, 7) is 0.502. The van der Waals surface area contributed by atoms with Crippen molar-refractivity contribution in [3.05, 3.63) is 126 Å². The van der Waals surface area contributed by atoms with Crippen molar-refractivity contribution in [1.29, 1.82) is 0 Å². The third-order valence-electron chi connectivity index (χ3n) is 5.72. The van der Waals surface area contributed by atoms with Crippen molar-refractivity contribution in [3.8, 4) is 5.75 Å². The summed E-state index contributed by atoms with van der Waals surface area (Å²) in [6.07, 6.45) is 1.75. The van der Waals surface area contributed by atoms with Crippen LogP contribution in [-0.2, 0) is 29.1 Å². The third kappa shape index (κ3) is 6.38. The number of ether oxygens (including phenoxy) is 1. The molecule has 35 heavy (non-hydrogen) atoms. The Hall–Kier alpha value is -4.32. The van der Waals surface area contributed by atoms with Crippen molar-refractivity contribution >= 4 is 11.8 Å². The maximum Gasteiger partial charge on any atom is 0.247 e. The average Bonchev–Trinajstić information content (AvgIpc) is 3.42. The Balaban J connectivity index is 1.66. The van der Waals surface area contributed by atoms with Crippen LogP contribution >= 0.6 is 0 Å². The highest BCUT2D eigenvalue weighted by molar-refractivity contribution is 5.89. The standard InChI is InChI=1S/C29H28N2O4/c1-34-25-16-14-23(15-17-25)21-31(27(32)19-22-9-4-2-5-10-22)28(24-11-6-3-7-12-24)29(33)30-20-26-13-8-18-35-26/h2-18,28H,19-21H2,1H3,(H,30,33)/t28-/m1/s1. The summed E-state index contributed by atoms with van der Waals surface area (Å²) in [4.78, 5) is 28.9. The van der Waals surface area contributed by atoms with Gasteiger partial charge in [-0.1, -0.05) is 72.8 Å². The molecule has 1 N–H and O–H groups in total. The molecule has 0 fully saturated rings. The molecule has 0 aliphatic carbocycles. The van der Waals surface area contributed by atoms with E-state index in [1.807, 2.05) is 84.9 Å². The summed E-state index contributed by atoms with van der Waals surface area (Å²) in [5.41, 5.74) is 2.52. The first kappa shape index (κ1) is 23.8. The van der Waals surface area contributed by atoms with Crippen LogP contribution in [-0.4, -0.2) is 23.8 Å². The van der Waals surface area contributed by atoms with Crippen molar-refractivity contribution in [2.24, 2.45) is 0 Å². The molecule has 1 aromatic heterocycles. The molecule has 0 bridgehead atoms. The first-order chi connectivity index (χ1) is 17.1. The van der Waals surface area contributed by atoms with Gasteiger partial charge in [0, 0.05) is 6.54 Å². The number of rotatable bonds is 10. The fourth-order valence-corrected chi connectivity index (χ4v) is 3.92. The molecule has 0 saturated heterocycles. The molecule has 1 atom stereocenters. The Morgan fingerprint density at radius 1 is 0.857 bits per heavy atom. The van der Waals surface area contributed by atoms with Gasteiger partial charge in [-0.05, 0) is 41.0 Å². The van der Waals surface area contributed by atoms with Gasteiger partial charge in [0.2, 0.25) is 11.8 Å². The second kappa shape index (κ2) is 11.7. The first-order valence-corrected chi connectivity index (χ1v) is 11.5. The fourth-order valence-electron chi connectivity index (χ4n) is 3.92. The zero-order valence-corrected chi connectivity index (χ0v) is 19.6. The number of hydrogen-bond acceptors (Lipinski definition) is 4. The number of carbonyl (C=O) groups excluding carboxylic acids is 2. The molecule has 1 heterocycles. The molecular weight excluding hydrogens is 440 g/mol. The van der Waals surface area contributed by atoms with Crippen molar-refractivity contribution in [1.82, 2.24) is 10.2 Å². The van der Waals surface area contributed by atoms with Crippen molar-refractivity contribution in [2.75, 3.05) is 7.11 Å². The third-order valence-corrected chi connectivity index (χ3v) is 5.72. The van der Waals surface area contributed by atoms with Crippen LogP contribution in [0.2, 0.25) is 0 Å². The van der Waals surface area contributed by atoms with Gasteiger partial charge in [0.25, 0.3) is 0 Å². The van der Waals surface area contributed by atoms with Crippen LogP contribution in [0.15, 0.2) is 108 Å². The Bertz CT molecular complexity index is 1210. The summed E-state index contributed by atoms with van der Waals surface area (Å²) in [6, 6.07) is 29.2. The number of hydrogen-bond donors (Lipinski definition) is 1. The second-order valence-corrected chi connectivity index (χ2v) is 8.14. The van der Waals surface area contributed by atoms with Gasteiger partial charge < -0.3 is 19.4 Å². The minimum atomic E-state index is -0.815. The summed E-state index contributed by atoms with van der Waals surface area (Å²) in [5.74, 6) is 0.950. The topological polar surface area (TPSA) is 71.8 Å². The van der Waals surface area contributed by atoms with E-state index in [1.165, 1.54) is 0 Å². The Morgan fingerprint density at radius 2 is 1.54 bits per heavy atom. The van der Waals surface area contributed by atoms with E-state index in [2.05, 4.69) is 5.32 Å². The van der Waals surface area contributed by atoms with Gasteiger partial charge in [0.15, 0.2) is 0 Å². The van der Waals surface area contributed by atoms with Crippen molar-refractivity contribution < 1.29 is 18.7 Å². The average molecular weight is 469 g/mol. The number of furan rings is 1. The molecular formula is C29H28N2O4. The molecule has 2 amide bonds. The lowest BCUT2D eigenvalue weighted by Gasteiger charge is -2.32. The summed E-state index contributed by atoms with van der Waals surface area (Å²) in [5, 5.41) is 2.94. The lowest BCUT2D eigenvalue weighted by Crippen LogP contribution is -2.43. The molecule has 0 unspecified atom stereocenters. The molecule has 6 heteroatoms. The van der Waals surface area contributed by atoms with Gasteiger partial charge in [-0.2, -0.15) is 0 Å². The largest absolute Gasteiger partial charge is 0.497 e. The van der Waals surface area contributed by atoms with Crippen LogP contribution in [0.4, 0.5) is 0 Å². The molecule has 0 saturated carbocycles. The van der Waals surface area contributed by atoms with Crippen LogP contribution in [0, 0.1) is 0 Å². The van der Waals surface area contributed by atoms with E-state index in [0.29, 0.717) is 5.76 Å². The van der Waals surface area contributed by atoms with E-state index in [-0.39, 0.29) is 31.3 Å². The highest BCUT2D eigenvalue weighted by atomic mass is 16.5. The van der Waals surface area contributed by atoms with Gasteiger partial charge in [-0.3, -0.25) is 9.59 Å². The van der Waals surface area contributed by atoms with Gasteiger partial charge in [-0.15, -0.1) is 0 Å². The normalized spacial score (nSPS) is 11.5. The zero-order chi connectivity index (χ0) is 24.5. The molecule has 3 aromatic carbocycles. The number of carbonyl (C=O) groups is 2. The molecule has 6 nitrogen and oxygen atoms in total. The van der Waals surface area contributed by atoms with Gasteiger partial charge in [-0.25, -0.2) is 0 Å². The van der Waals surface area contributed by atoms with Crippen molar-refractivity contribution in [3.63, 3.8) is 0 Å². The SMILES string of the molecule is COc1ccc(CN(C(=O)Cc2ccccc2)[C@@H](C(=O)NCc2ccco2)c2ccccc2)cc1. The van der Waals surface area contributed by atoms with Crippen LogP contribution in [0.5, 0.6) is 5.75 Å². The summed E-state index contributed by atoms with van der Waals surface area (Å²) >= 11 is 0. The van der Waals surface area contributed by atoms with Crippen molar-refractivity contribution in [2.45, 2.75) is 25.6 Å². The number of benzene rings is 3. The maximum absolute atomic E-state index is 13.7. The summed E-state index contributed by atoms with van der Waals surface area (Å²) < 4.78 is 10.6. The van der Waals surface area contributed by atoms with E-state index in [0.717, 1.165) is 22.4 Å². The molecule has 0 aliphatic rings. The van der Waals surface area contributed by atoms with Gasteiger partial charge in [0.1, 0.15) is 17.6 Å². The van der Waals surface area contributed by atoms with Crippen LogP contribution in [0.3, 0.4) is 0 Å². The lowest BCUT2D eigenvalue weighted by atomic mass is 10.0. The zero-order valence-electron chi connectivity index (χ0n) is 19.6. The Kier molecular flexibility index (Phi) is 7.96. The maximum atomic E-state index is 13.7. The van der Waals surface area contributed by atoms with Crippen LogP contribution in [0.25, 0.3) is 0 Å². The second-order valence-electron chi connectivity index (χ2n) is 8.14. The fraction of sp³-hybridized carbons (Fsp3) is 0.172. The first-order valence-electron chi connectivity index (χ1n) is 11.5. The molecule has 0 aliphatic heterocycles. The highest BCUT2D eigenvalue weighted by Crippen LogP contribution is 2.26. The van der Waals surface area contributed by atoms with E-state index in [1.54, 1.807) is 30.4 Å². The Morgan fingerprint density at radius 3 is 2.17 bits per heavy atom. The van der Waals surface area contributed by atoms with E-state index in [4.69, 9.17) is 9.15 Å². The van der Waals surface area contributed by atoms with Gasteiger partial charge >= 0.3 is 0 Å². The molecule has 178 valence electrons. The Labute approximate surface area is 205 Å². The summed E-state index contributed by atoms with van der Waals surface area (Å²) in [7, 11) is 1.61. The van der Waals surface area contributed by atoms with Crippen LogP contribution < -0.4 is 10.1 Å². The lowest BCUT2D eigenvalue weighted by molar-refractivity contribution is -0.141. The van der Waals surface area contributed by atoms with Crippen LogP contribution in [0.1, 0.15) is 28.5 Å². The molecule has 0 radical (unpaired) electrons. The predicted molar refractivity (Wildman–Crippen MR) is 133 cm³/mol. The number of methoxy groups -OCH3 is 1.